The van der Waals surface area contributed by atoms with E-state index >= 15 is 0 Å². The second-order valence-corrected chi connectivity index (χ2v) is 5.71. The minimum absolute atomic E-state index is 0.255. The second kappa shape index (κ2) is 8.03. The van der Waals surface area contributed by atoms with Crippen LogP contribution in [0, 0.1) is 5.92 Å². The van der Waals surface area contributed by atoms with E-state index in [4.69, 9.17) is 9.47 Å². The SMILES string of the molecule is COc1cccc(OC)c1C(=O)NCC(O)C1CCCCC1. The van der Waals surface area contributed by atoms with Crippen molar-refractivity contribution in [3.8, 4) is 11.5 Å². The molecule has 1 fully saturated rings. The van der Waals surface area contributed by atoms with Crippen LogP contribution in [0.4, 0.5) is 0 Å². The first-order valence-electron chi connectivity index (χ1n) is 7.84. The highest BCUT2D eigenvalue weighted by molar-refractivity contribution is 5.99. The summed E-state index contributed by atoms with van der Waals surface area (Å²) in [4.78, 5) is 12.4. The molecule has 0 aromatic heterocycles. The molecule has 0 heterocycles. The Kier molecular flexibility index (Phi) is 6.07. The largest absolute Gasteiger partial charge is 0.496 e. The van der Waals surface area contributed by atoms with E-state index in [9.17, 15) is 9.90 Å². The molecule has 2 N–H and O–H groups in total. The molecule has 0 radical (unpaired) electrons. The predicted octanol–water partition coefficient (Wildman–Crippen LogP) is 2.37. The summed E-state index contributed by atoms with van der Waals surface area (Å²) in [6.45, 7) is 0.255. The Bertz CT molecular complexity index is 475. The Hall–Kier alpha value is -1.75. The van der Waals surface area contributed by atoms with Crippen LogP contribution >= 0.6 is 0 Å². The molecule has 1 unspecified atom stereocenters. The van der Waals surface area contributed by atoms with Crippen molar-refractivity contribution in [2.45, 2.75) is 38.2 Å². The molecular weight excluding hydrogens is 282 g/mol. The molecule has 2 rings (SSSR count). The van der Waals surface area contributed by atoms with Gasteiger partial charge in [0.1, 0.15) is 17.1 Å². The van der Waals surface area contributed by atoms with E-state index in [1.54, 1.807) is 18.2 Å². The number of rotatable bonds is 6. The van der Waals surface area contributed by atoms with Crippen molar-refractivity contribution in [3.05, 3.63) is 23.8 Å². The molecule has 122 valence electrons. The van der Waals surface area contributed by atoms with Gasteiger partial charge in [-0.1, -0.05) is 25.3 Å². The summed E-state index contributed by atoms with van der Waals surface area (Å²) in [7, 11) is 3.03. The lowest BCUT2D eigenvalue weighted by Crippen LogP contribution is -2.37. The van der Waals surface area contributed by atoms with Crippen LogP contribution in [0.25, 0.3) is 0 Å². The van der Waals surface area contributed by atoms with Crippen molar-refractivity contribution in [3.63, 3.8) is 0 Å². The van der Waals surface area contributed by atoms with Crippen LogP contribution in [0.3, 0.4) is 0 Å². The third-order valence-corrected chi connectivity index (χ3v) is 4.32. The van der Waals surface area contributed by atoms with Gasteiger partial charge in [-0.25, -0.2) is 0 Å². The number of aliphatic hydroxyl groups is 1. The maximum Gasteiger partial charge on any atom is 0.258 e. The van der Waals surface area contributed by atoms with Crippen LogP contribution in [0.1, 0.15) is 42.5 Å². The van der Waals surface area contributed by atoms with Gasteiger partial charge in [-0.3, -0.25) is 4.79 Å². The number of hydrogen-bond donors (Lipinski definition) is 2. The molecule has 1 aliphatic rings. The average Bonchev–Trinajstić information content (AvgIpc) is 2.59. The summed E-state index contributed by atoms with van der Waals surface area (Å²) >= 11 is 0. The normalized spacial score (nSPS) is 16.9. The molecule has 0 bridgehead atoms. The Balaban J connectivity index is 2.00. The van der Waals surface area contributed by atoms with Crippen molar-refractivity contribution in [2.75, 3.05) is 20.8 Å². The highest BCUT2D eigenvalue weighted by Gasteiger charge is 2.24. The number of carbonyl (C=O) groups excluding carboxylic acids is 1. The Morgan fingerprint density at radius 3 is 2.36 bits per heavy atom. The maximum absolute atomic E-state index is 12.4. The number of aliphatic hydroxyl groups excluding tert-OH is 1. The number of methoxy groups -OCH3 is 2. The van der Waals surface area contributed by atoms with Gasteiger partial charge in [-0.15, -0.1) is 0 Å². The topological polar surface area (TPSA) is 67.8 Å². The molecule has 5 heteroatoms. The molecule has 5 nitrogen and oxygen atoms in total. The third-order valence-electron chi connectivity index (χ3n) is 4.32. The molecule has 1 aliphatic carbocycles. The first-order valence-corrected chi connectivity index (χ1v) is 7.84. The molecular formula is C17H25NO4. The summed E-state index contributed by atoms with van der Waals surface area (Å²) in [5.74, 6) is 0.922. The molecule has 0 saturated heterocycles. The van der Waals surface area contributed by atoms with Gasteiger partial charge >= 0.3 is 0 Å². The fourth-order valence-electron chi connectivity index (χ4n) is 3.05. The Morgan fingerprint density at radius 1 is 1.23 bits per heavy atom. The van der Waals surface area contributed by atoms with Gasteiger partial charge < -0.3 is 19.9 Å². The van der Waals surface area contributed by atoms with Crippen LogP contribution in [-0.4, -0.2) is 37.9 Å². The Labute approximate surface area is 131 Å². The van der Waals surface area contributed by atoms with Crippen molar-refractivity contribution in [2.24, 2.45) is 5.92 Å². The van der Waals surface area contributed by atoms with E-state index in [0.29, 0.717) is 17.1 Å². The molecule has 1 atom stereocenters. The van der Waals surface area contributed by atoms with Crippen LogP contribution in [0.2, 0.25) is 0 Å². The number of carbonyl (C=O) groups is 1. The van der Waals surface area contributed by atoms with Gasteiger partial charge in [-0.2, -0.15) is 0 Å². The summed E-state index contributed by atoms with van der Waals surface area (Å²) in [6.07, 6.45) is 5.15. The number of benzene rings is 1. The molecule has 1 amide bonds. The van der Waals surface area contributed by atoms with Gasteiger partial charge in [0.15, 0.2) is 0 Å². The van der Waals surface area contributed by atoms with Crippen molar-refractivity contribution in [1.29, 1.82) is 0 Å². The summed E-state index contributed by atoms with van der Waals surface area (Å²) in [5, 5.41) is 13.0. The van der Waals surface area contributed by atoms with E-state index in [0.717, 1.165) is 25.7 Å². The fraction of sp³-hybridized carbons (Fsp3) is 0.588. The molecule has 1 aromatic rings. The third kappa shape index (κ3) is 3.91. The van der Waals surface area contributed by atoms with E-state index in [1.165, 1.54) is 20.6 Å². The summed E-state index contributed by atoms with van der Waals surface area (Å²) in [5.41, 5.74) is 0.364. The standard InChI is InChI=1S/C17H25NO4/c1-21-14-9-6-10-15(22-2)16(14)17(20)18-11-13(19)12-7-4-3-5-8-12/h6,9-10,12-13,19H,3-5,7-8,11H2,1-2H3,(H,18,20). The lowest BCUT2D eigenvalue weighted by atomic mass is 9.85. The zero-order chi connectivity index (χ0) is 15.9. The minimum atomic E-state index is -0.495. The predicted molar refractivity (Wildman–Crippen MR) is 84.5 cm³/mol. The van der Waals surface area contributed by atoms with Crippen LogP contribution in [-0.2, 0) is 0 Å². The summed E-state index contributed by atoms with van der Waals surface area (Å²) < 4.78 is 10.5. The first-order chi connectivity index (χ1) is 10.7. The van der Waals surface area contributed by atoms with Crippen LogP contribution < -0.4 is 14.8 Å². The lowest BCUT2D eigenvalue weighted by Gasteiger charge is -2.26. The van der Waals surface area contributed by atoms with Gasteiger partial charge in [0.05, 0.1) is 20.3 Å². The highest BCUT2D eigenvalue weighted by atomic mass is 16.5. The van der Waals surface area contributed by atoms with Crippen molar-refractivity contribution < 1.29 is 19.4 Å². The van der Waals surface area contributed by atoms with E-state index < -0.39 is 6.10 Å². The molecule has 22 heavy (non-hydrogen) atoms. The zero-order valence-corrected chi connectivity index (χ0v) is 13.3. The Morgan fingerprint density at radius 2 is 1.82 bits per heavy atom. The number of ether oxygens (including phenoxy) is 2. The smallest absolute Gasteiger partial charge is 0.258 e. The van der Waals surface area contributed by atoms with Crippen molar-refractivity contribution >= 4 is 5.91 Å². The molecule has 1 saturated carbocycles. The average molecular weight is 307 g/mol. The van der Waals surface area contributed by atoms with Gasteiger partial charge in [0, 0.05) is 6.54 Å². The van der Waals surface area contributed by atoms with Gasteiger partial charge in [-0.05, 0) is 30.9 Å². The minimum Gasteiger partial charge on any atom is -0.496 e. The first kappa shape index (κ1) is 16.6. The number of nitrogens with one attached hydrogen (secondary N) is 1. The molecule has 0 aliphatic heterocycles. The molecule has 0 spiro atoms. The molecule has 1 aromatic carbocycles. The fourth-order valence-corrected chi connectivity index (χ4v) is 3.05. The lowest BCUT2D eigenvalue weighted by molar-refractivity contribution is 0.0735. The van der Waals surface area contributed by atoms with Crippen molar-refractivity contribution in [1.82, 2.24) is 5.32 Å². The second-order valence-electron chi connectivity index (χ2n) is 5.71. The summed E-state index contributed by atoms with van der Waals surface area (Å²) in [6, 6.07) is 5.20. The van der Waals surface area contributed by atoms with E-state index in [1.807, 2.05) is 0 Å². The maximum atomic E-state index is 12.4. The van der Waals surface area contributed by atoms with E-state index in [2.05, 4.69) is 5.32 Å². The van der Waals surface area contributed by atoms with E-state index in [-0.39, 0.29) is 18.4 Å². The zero-order valence-electron chi connectivity index (χ0n) is 13.3. The van der Waals surface area contributed by atoms with Gasteiger partial charge in [0.25, 0.3) is 5.91 Å². The quantitative estimate of drug-likeness (QED) is 0.846. The van der Waals surface area contributed by atoms with Crippen LogP contribution in [0.5, 0.6) is 11.5 Å². The highest BCUT2D eigenvalue weighted by Crippen LogP contribution is 2.29. The monoisotopic (exact) mass is 307 g/mol. The van der Waals surface area contributed by atoms with Crippen LogP contribution in [0.15, 0.2) is 18.2 Å². The number of hydrogen-bond acceptors (Lipinski definition) is 4. The number of amides is 1. The van der Waals surface area contributed by atoms with Gasteiger partial charge in [0.2, 0.25) is 0 Å².